The number of piperazine rings is 1. The lowest BCUT2D eigenvalue weighted by Gasteiger charge is -2.38. The van der Waals surface area contributed by atoms with Crippen molar-refractivity contribution in [3.05, 3.63) is 35.2 Å². The average Bonchev–Trinajstić information content (AvgIpc) is 2.93. The smallest absolute Gasteiger partial charge is 0.335 e. The van der Waals surface area contributed by atoms with Crippen molar-refractivity contribution in [2.24, 2.45) is 0 Å². The Morgan fingerprint density at radius 1 is 1.21 bits per heavy atom. The third-order valence-electron chi connectivity index (χ3n) is 4.45. The molecule has 2 N–H and O–H groups in total. The second-order valence-electron chi connectivity index (χ2n) is 5.95. The second-order valence-corrected chi connectivity index (χ2v) is 5.95. The highest BCUT2D eigenvalue weighted by Crippen LogP contribution is 2.31. The molecule has 0 unspecified atom stereocenters. The molecule has 7 heteroatoms. The van der Waals surface area contributed by atoms with E-state index in [4.69, 9.17) is 4.74 Å². The molecule has 1 aromatic heterocycles. The van der Waals surface area contributed by atoms with Crippen LogP contribution in [0, 0.1) is 13.8 Å². The van der Waals surface area contributed by atoms with Gasteiger partial charge in [0.25, 0.3) is 0 Å². The van der Waals surface area contributed by atoms with Crippen molar-refractivity contribution >= 4 is 17.3 Å². The number of aromatic amines is 1. The Hall–Kier alpha value is -2.70. The van der Waals surface area contributed by atoms with Crippen molar-refractivity contribution in [3.8, 4) is 5.75 Å². The van der Waals surface area contributed by atoms with Crippen molar-refractivity contribution in [3.63, 3.8) is 0 Å². The van der Waals surface area contributed by atoms with Crippen LogP contribution < -0.4 is 14.5 Å². The van der Waals surface area contributed by atoms with Crippen LogP contribution in [0.2, 0.25) is 0 Å². The van der Waals surface area contributed by atoms with E-state index in [2.05, 4.69) is 20.0 Å². The lowest BCUT2D eigenvalue weighted by atomic mass is 10.1. The SMILES string of the molecule is COc1ccc(C(=O)O)cc1N1CCN(c2c(C)n[nH]c2C)CC1. The molecule has 0 bridgehead atoms. The Bertz CT molecular complexity index is 729. The number of carbonyl (C=O) groups is 1. The van der Waals surface area contributed by atoms with Gasteiger partial charge in [0.2, 0.25) is 0 Å². The topological polar surface area (TPSA) is 81.7 Å². The molecule has 1 aliphatic heterocycles. The molecule has 0 radical (unpaired) electrons. The number of rotatable bonds is 4. The van der Waals surface area contributed by atoms with E-state index < -0.39 is 5.97 Å². The van der Waals surface area contributed by atoms with Gasteiger partial charge in [0.05, 0.1) is 35.4 Å². The van der Waals surface area contributed by atoms with Crippen molar-refractivity contribution in [1.29, 1.82) is 0 Å². The lowest BCUT2D eigenvalue weighted by molar-refractivity contribution is 0.0697. The number of aromatic nitrogens is 2. The van der Waals surface area contributed by atoms with Gasteiger partial charge in [-0.3, -0.25) is 5.10 Å². The highest BCUT2D eigenvalue weighted by atomic mass is 16.5. The number of nitrogens with zero attached hydrogens (tertiary/aromatic N) is 3. The predicted molar refractivity (Wildman–Crippen MR) is 92.4 cm³/mol. The van der Waals surface area contributed by atoms with Gasteiger partial charge in [0.15, 0.2) is 0 Å². The summed E-state index contributed by atoms with van der Waals surface area (Å²) < 4.78 is 5.41. The minimum absolute atomic E-state index is 0.273. The number of hydrogen-bond acceptors (Lipinski definition) is 5. The molecule has 3 rings (SSSR count). The molecule has 1 saturated heterocycles. The third kappa shape index (κ3) is 2.89. The fourth-order valence-corrected chi connectivity index (χ4v) is 3.25. The number of carboxylic acids is 1. The van der Waals surface area contributed by atoms with Crippen molar-refractivity contribution in [2.45, 2.75) is 13.8 Å². The molecule has 0 saturated carbocycles. The van der Waals surface area contributed by atoms with E-state index in [1.807, 2.05) is 13.8 Å². The first-order valence-electron chi connectivity index (χ1n) is 7.94. The van der Waals surface area contributed by atoms with E-state index >= 15 is 0 Å². The van der Waals surface area contributed by atoms with Gasteiger partial charge in [-0.25, -0.2) is 4.79 Å². The van der Waals surface area contributed by atoms with Crippen LogP contribution in [-0.4, -0.2) is 54.6 Å². The summed E-state index contributed by atoms with van der Waals surface area (Å²) in [6.45, 7) is 7.32. The molecule has 0 spiro atoms. The van der Waals surface area contributed by atoms with Crippen molar-refractivity contribution in [2.75, 3.05) is 43.1 Å². The number of hydrogen-bond donors (Lipinski definition) is 2. The van der Waals surface area contributed by atoms with Crippen LogP contribution >= 0.6 is 0 Å². The normalized spacial score (nSPS) is 14.8. The first kappa shape index (κ1) is 16.2. The van der Waals surface area contributed by atoms with E-state index in [0.717, 1.165) is 43.3 Å². The Morgan fingerprint density at radius 2 is 1.88 bits per heavy atom. The van der Waals surface area contributed by atoms with Crippen LogP contribution in [0.1, 0.15) is 21.7 Å². The van der Waals surface area contributed by atoms with Gasteiger partial charge < -0.3 is 19.6 Å². The zero-order chi connectivity index (χ0) is 17.3. The second kappa shape index (κ2) is 6.43. The van der Waals surface area contributed by atoms with Gasteiger partial charge >= 0.3 is 5.97 Å². The number of aryl methyl sites for hydroxylation is 2. The summed E-state index contributed by atoms with van der Waals surface area (Å²) >= 11 is 0. The molecule has 2 aromatic rings. The molecule has 128 valence electrons. The maximum Gasteiger partial charge on any atom is 0.335 e. The quantitative estimate of drug-likeness (QED) is 0.893. The summed E-state index contributed by atoms with van der Waals surface area (Å²) in [7, 11) is 1.60. The molecule has 1 aliphatic rings. The number of carboxylic acid groups (broad SMARTS) is 1. The number of benzene rings is 1. The van der Waals surface area contributed by atoms with Crippen LogP contribution in [-0.2, 0) is 0 Å². The molecule has 0 aliphatic carbocycles. The minimum Gasteiger partial charge on any atom is -0.495 e. The third-order valence-corrected chi connectivity index (χ3v) is 4.45. The number of nitrogens with one attached hydrogen (secondary N) is 1. The standard InChI is InChI=1S/C17H22N4O3/c1-11-16(12(2)19-18-11)21-8-6-20(7-9-21)14-10-13(17(22)23)4-5-15(14)24-3/h4-5,10H,6-9H2,1-3H3,(H,18,19)(H,22,23). The zero-order valence-corrected chi connectivity index (χ0v) is 14.2. The van der Waals surface area contributed by atoms with E-state index in [0.29, 0.717) is 5.75 Å². The van der Waals surface area contributed by atoms with E-state index in [1.54, 1.807) is 25.3 Å². The molecule has 7 nitrogen and oxygen atoms in total. The summed E-state index contributed by atoms with van der Waals surface area (Å²) in [5, 5.41) is 16.5. The van der Waals surface area contributed by atoms with Gasteiger partial charge in [-0.05, 0) is 32.0 Å². The van der Waals surface area contributed by atoms with Gasteiger partial charge in [-0.1, -0.05) is 0 Å². The summed E-state index contributed by atoms with van der Waals surface area (Å²) in [6, 6.07) is 4.97. The maximum absolute atomic E-state index is 11.2. The Labute approximate surface area is 140 Å². The van der Waals surface area contributed by atoms with Crippen LogP contribution in [0.4, 0.5) is 11.4 Å². The molecule has 24 heavy (non-hydrogen) atoms. The lowest BCUT2D eigenvalue weighted by Crippen LogP contribution is -2.47. The van der Waals surface area contributed by atoms with E-state index in [-0.39, 0.29) is 5.56 Å². The summed E-state index contributed by atoms with van der Waals surface area (Å²) in [5.74, 6) is -0.230. The Kier molecular flexibility index (Phi) is 4.33. The maximum atomic E-state index is 11.2. The fourth-order valence-electron chi connectivity index (χ4n) is 3.25. The van der Waals surface area contributed by atoms with Crippen molar-refractivity contribution < 1.29 is 14.6 Å². The number of aromatic carboxylic acids is 1. The van der Waals surface area contributed by atoms with Gasteiger partial charge in [-0.15, -0.1) is 0 Å². The fraction of sp³-hybridized carbons (Fsp3) is 0.412. The summed E-state index contributed by atoms with van der Waals surface area (Å²) in [4.78, 5) is 15.7. The first-order chi connectivity index (χ1) is 11.5. The van der Waals surface area contributed by atoms with Crippen LogP contribution in [0.25, 0.3) is 0 Å². The van der Waals surface area contributed by atoms with E-state index in [9.17, 15) is 9.90 Å². The number of ether oxygens (including phenoxy) is 1. The Morgan fingerprint density at radius 3 is 2.42 bits per heavy atom. The Balaban J connectivity index is 1.79. The van der Waals surface area contributed by atoms with Gasteiger partial charge in [0, 0.05) is 26.2 Å². The van der Waals surface area contributed by atoms with E-state index in [1.165, 1.54) is 5.69 Å². The molecule has 1 fully saturated rings. The number of anilines is 2. The number of methoxy groups -OCH3 is 1. The largest absolute Gasteiger partial charge is 0.495 e. The highest BCUT2D eigenvalue weighted by molar-refractivity contribution is 5.89. The van der Waals surface area contributed by atoms with Crippen LogP contribution in [0.5, 0.6) is 5.75 Å². The molecule has 1 aromatic carbocycles. The molecular formula is C17H22N4O3. The number of H-pyrrole nitrogens is 1. The summed E-state index contributed by atoms with van der Waals surface area (Å²) in [6.07, 6.45) is 0. The molecule has 2 heterocycles. The van der Waals surface area contributed by atoms with Gasteiger partial charge in [-0.2, -0.15) is 5.10 Å². The highest BCUT2D eigenvalue weighted by Gasteiger charge is 2.23. The first-order valence-corrected chi connectivity index (χ1v) is 7.94. The average molecular weight is 330 g/mol. The minimum atomic E-state index is -0.929. The zero-order valence-electron chi connectivity index (χ0n) is 14.2. The molecule has 0 atom stereocenters. The van der Waals surface area contributed by atoms with Crippen LogP contribution in [0.3, 0.4) is 0 Å². The monoisotopic (exact) mass is 330 g/mol. The molecular weight excluding hydrogens is 308 g/mol. The summed E-state index contributed by atoms with van der Waals surface area (Å²) in [5.41, 5.74) is 4.35. The van der Waals surface area contributed by atoms with Gasteiger partial charge in [0.1, 0.15) is 5.75 Å². The molecule has 0 amide bonds. The van der Waals surface area contributed by atoms with Crippen molar-refractivity contribution in [1.82, 2.24) is 10.2 Å². The van der Waals surface area contributed by atoms with Crippen LogP contribution in [0.15, 0.2) is 18.2 Å². The predicted octanol–water partition coefficient (Wildman–Crippen LogP) is 2.06.